The van der Waals surface area contributed by atoms with Gasteiger partial charge in [-0.3, -0.25) is 4.79 Å². The number of benzene rings is 1. The van der Waals surface area contributed by atoms with E-state index in [0.29, 0.717) is 10.6 Å². The van der Waals surface area contributed by atoms with Crippen molar-refractivity contribution in [2.45, 2.75) is 24.7 Å². The number of hydrogen-bond acceptors (Lipinski definition) is 2. The number of halogens is 1. The molecule has 1 nitrogen and oxygen atoms in total. The first-order valence-corrected chi connectivity index (χ1v) is 6.01. The van der Waals surface area contributed by atoms with Gasteiger partial charge < -0.3 is 0 Å². The second-order valence-corrected chi connectivity index (χ2v) is 4.55. The van der Waals surface area contributed by atoms with Crippen LogP contribution in [-0.2, 0) is 0 Å². The second kappa shape index (κ2) is 6.10. The minimum Gasteiger partial charge on any atom is -0.298 e. The Bertz CT molecular complexity index is 312. The molecule has 76 valence electrons. The molecule has 0 aliphatic rings. The molecule has 0 aromatic heterocycles. The Morgan fingerprint density at radius 1 is 1.50 bits per heavy atom. The van der Waals surface area contributed by atoms with Gasteiger partial charge in [-0.05, 0) is 24.3 Å². The molecule has 0 spiro atoms. The summed E-state index contributed by atoms with van der Waals surface area (Å²) in [6, 6.07) is 5.42. The molecule has 1 aromatic rings. The first-order chi connectivity index (χ1) is 6.77. The Morgan fingerprint density at radius 2 is 2.29 bits per heavy atom. The van der Waals surface area contributed by atoms with Gasteiger partial charge in [0, 0.05) is 10.5 Å². The Hall–Kier alpha value is -0.470. The van der Waals surface area contributed by atoms with Gasteiger partial charge in [-0.15, -0.1) is 11.8 Å². The zero-order valence-corrected chi connectivity index (χ0v) is 9.70. The van der Waals surface area contributed by atoms with Gasteiger partial charge in [0.1, 0.15) is 6.29 Å². The third-order valence-corrected chi connectivity index (χ3v) is 3.43. The van der Waals surface area contributed by atoms with E-state index >= 15 is 0 Å². The van der Waals surface area contributed by atoms with E-state index in [4.69, 9.17) is 11.6 Å². The van der Waals surface area contributed by atoms with Crippen molar-refractivity contribution in [2.24, 2.45) is 0 Å². The molecule has 0 saturated carbocycles. The van der Waals surface area contributed by atoms with Gasteiger partial charge in [0.05, 0.1) is 5.02 Å². The maximum Gasteiger partial charge on any atom is 0.150 e. The van der Waals surface area contributed by atoms with Crippen LogP contribution in [0.2, 0.25) is 5.02 Å². The zero-order valence-electron chi connectivity index (χ0n) is 8.13. The Kier molecular flexibility index (Phi) is 5.05. The number of unbranched alkanes of at least 4 members (excludes halogenated alkanes) is 1. The molecule has 14 heavy (non-hydrogen) atoms. The summed E-state index contributed by atoms with van der Waals surface area (Å²) in [4.78, 5) is 11.5. The molecule has 1 aromatic carbocycles. The lowest BCUT2D eigenvalue weighted by Crippen LogP contribution is -1.83. The van der Waals surface area contributed by atoms with Crippen LogP contribution in [0, 0.1) is 0 Å². The molecule has 0 bridgehead atoms. The highest BCUT2D eigenvalue weighted by atomic mass is 35.5. The van der Waals surface area contributed by atoms with Crippen LogP contribution in [0.4, 0.5) is 0 Å². The first-order valence-electron chi connectivity index (χ1n) is 4.65. The molecular formula is C11H13ClOS. The molecule has 0 fully saturated rings. The second-order valence-electron chi connectivity index (χ2n) is 3.01. The van der Waals surface area contributed by atoms with Gasteiger partial charge in [0.2, 0.25) is 0 Å². The molecule has 0 N–H and O–H groups in total. The predicted octanol–water partition coefficient (Wildman–Crippen LogP) is 4.04. The van der Waals surface area contributed by atoms with Crippen molar-refractivity contribution >= 4 is 29.6 Å². The lowest BCUT2D eigenvalue weighted by atomic mass is 10.2. The molecule has 0 radical (unpaired) electrons. The van der Waals surface area contributed by atoms with E-state index in [-0.39, 0.29) is 0 Å². The quantitative estimate of drug-likeness (QED) is 0.430. The van der Waals surface area contributed by atoms with Crippen LogP contribution < -0.4 is 0 Å². The smallest absolute Gasteiger partial charge is 0.150 e. The van der Waals surface area contributed by atoms with Crippen LogP contribution in [0.5, 0.6) is 0 Å². The number of hydrogen-bond donors (Lipinski definition) is 0. The van der Waals surface area contributed by atoms with Crippen LogP contribution in [0.3, 0.4) is 0 Å². The van der Waals surface area contributed by atoms with Gasteiger partial charge >= 0.3 is 0 Å². The largest absolute Gasteiger partial charge is 0.298 e. The summed E-state index contributed by atoms with van der Waals surface area (Å²) in [5, 5.41) is 0.677. The number of rotatable bonds is 5. The van der Waals surface area contributed by atoms with Crippen molar-refractivity contribution < 1.29 is 4.79 Å². The maximum atomic E-state index is 10.5. The normalized spacial score (nSPS) is 10.1. The Morgan fingerprint density at radius 3 is 2.86 bits per heavy atom. The fourth-order valence-electron chi connectivity index (χ4n) is 1.03. The molecular weight excluding hydrogens is 216 g/mol. The van der Waals surface area contributed by atoms with E-state index < -0.39 is 0 Å². The van der Waals surface area contributed by atoms with E-state index in [2.05, 4.69) is 6.92 Å². The highest BCUT2D eigenvalue weighted by Crippen LogP contribution is 2.28. The van der Waals surface area contributed by atoms with Crippen molar-refractivity contribution in [1.29, 1.82) is 0 Å². The van der Waals surface area contributed by atoms with E-state index in [9.17, 15) is 4.79 Å². The fourth-order valence-corrected chi connectivity index (χ4v) is 2.40. The average molecular weight is 229 g/mol. The molecule has 0 unspecified atom stereocenters. The summed E-state index contributed by atoms with van der Waals surface area (Å²) in [7, 11) is 0. The van der Waals surface area contributed by atoms with Gasteiger partial charge in [0.15, 0.2) is 0 Å². The van der Waals surface area contributed by atoms with Crippen LogP contribution >= 0.6 is 23.4 Å². The van der Waals surface area contributed by atoms with Crippen LogP contribution in [0.15, 0.2) is 23.1 Å². The van der Waals surface area contributed by atoms with E-state index in [0.717, 1.165) is 16.9 Å². The standard InChI is InChI=1S/C11H13ClOS/c1-2-3-6-14-11-5-4-9(8-13)7-10(11)12/h4-5,7-8H,2-3,6H2,1H3. The first kappa shape index (κ1) is 11.6. The van der Waals surface area contributed by atoms with Gasteiger partial charge in [0.25, 0.3) is 0 Å². The highest BCUT2D eigenvalue weighted by Gasteiger charge is 2.01. The van der Waals surface area contributed by atoms with Crippen LogP contribution in [-0.4, -0.2) is 12.0 Å². The topological polar surface area (TPSA) is 17.1 Å². The maximum absolute atomic E-state index is 10.5. The monoisotopic (exact) mass is 228 g/mol. The van der Waals surface area contributed by atoms with E-state index in [1.807, 2.05) is 6.07 Å². The number of thioether (sulfide) groups is 1. The lowest BCUT2D eigenvalue weighted by molar-refractivity contribution is 0.112. The zero-order chi connectivity index (χ0) is 10.4. The third kappa shape index (κ3) is 3.35. The fraction of sp³-hybridized carbons (Fsp3) is 0.364. The van der Waals surface area contributed by atoms with Gasteiger partial charge in [-0.25, -0.2) is 0 Å². The molecule has 0 heterocycles. The summed E-state index contributed by atoms with van der Waals surface area (Å²) in [6.45, 7) is 2.16. The highest BCUT2D eigenvalue weighted by molar-refractivity contribution is 7.99. The van der Waals surface area contributed by atoms with E-state index in [1.165, 1.54) is 12.8 Å². The minimum atomic E-state index is 0.634. The summed E-state index contributed by atoms with van der Waals surface area (Å²) < 4.78 is 0. The molecule has 0 atom stereocenters. The SMILES string of the molecule is CCCCSc1ccc(C=O)cc1Cl. The predicted molar refractivity (Wildman–Crippen MR) is 62.5 cm³/mol. The van der Waals surface area contributed by atoms with Crippen LogP contribution in [0.1, 0.15) is 30.1 Å². The molecule has 0 amide bonds. The summed E-state index contributed by atoms with van der Waals surface area (Å²) in [6.07, 6.45) is 3.19. The van der Waals surface area contributed by atoms with E-state index in [1.54, 1.807) is 23.9 Å². The molecule has 0 saturated heterocycles. The lowest BCUT2D eigenvalue weighted by Gasteiger charge is -2.03. The van der Waals surface area contributed by atoms with Crippen molar-refractivity contribution in [1.82, 2.24) is 0 Å². The number of carbonyl (C=O) groups excluding carboxylic acids is 1. The van der Waals surface area contributed by atoms with Gasteiger partial charge in [-0.1, -0.05) is 31.0 Å². The Labute approximate surface area is 93.8 Å². The Balaban J connectivity index is 2.64. The third-order valence-electron chi connectivity index (χ3n) is 1.85. The van der Waals surface area contributed by atoms with Crippen molar-refractivity contribution in [3.8, 4) is 0 Å². The van der Waals surface area contributed by atoms with Crippen molar-refractivity contribution in [3.63, 3.8) is 0 Å². The molecule has 1 rings (SSSR count). The van der Waals surface area contributed by atoms with Crippen LogP contribution in [0.25, 0.3) is 0 Å². The minimum absolute atomic E-state index is 0.634. The molecule has 3 heteroatoms. The molecule has 0 aliphatic heterocycles. The van der Waals surface area contributed by atoms with Crippen molar-refractivity contribution in [2.75, 3.05) is 5.75 Å². The van der Waals surface area contributed by atoms with Crippen molar-refractivity contribution in [3.05, 3.63) is 28.8 Å². The number of aldehydes is 1. The number of carbonyl (C=O) groups is 1. The summed E-state index contributed by atoms with van der Waals surface area (Å²) in [5.41, 5.74) is 0.634. The molecule has 0 aliphatic carbocycles. The summed E-state index contributed by atoms with van der Waals surface area (Å²) >= 11 is 7.75. The summed E-state index contributed by atoms with van der Waals surface area (Å²) in [5.74, 6) is 1.08. The average Bonchev–Trinajstić information content (AvgIpc) is 2.20. The van der Waals surface area contributed by atoms with Gasteiger partial charge in [-0.2, -0.15) is 0 Å².